The van der Waals surface area contributed by atoms with E-state index in [1.165, 1.54) is 14.0 Å². The molecule has 2 bridgehead atoms. The van der Waals surface area contributed by atoms with Gasteiger partial charge < -0.3 is 18.7 Å². The quantitative estimate of drug-likeness (QED) is 0.380. The molecule has 0 spiro atoms. The maximum absolute atomic E-state index is 13.7. The first kappa shape index (κ1) is 25.7. The lowest BCUT2D eigenvalue weighted by Crippen LogP contribution is -2.48. The first-order valence-electron chi connectivity index (χ1n) is 12.3. The second kappa shape index (κ2) is 10.3. The Labute approximate surface area is 210 Å². The first-order valence-corrected chi connectivity index (χ1v) is 12.3. The fourth-order valence-electron chi connectivity index (χ4n) is 4.90. The van der Waals surface area contributed by atoms with Gasteiger partial charge in [-0.25, -0.2) is 9.59 Å². The smallest absolute Gasteiger partial charge is 0.411 e. The number of carbonyl (C=O) groups is 2. The molecule has 2 aliphatic heterocycles. The van der Waals surface area contributed by atoms with Gasteiger partial charge >= 0.3 is 12.1 Å². The number of ether oxygens (including phenoxy) is 3. The highest BCUT2D eigenvalue weighted by molar-refractivity contribution is 6.00. The molecule has 1 aromatic heterocycles. The predicted molar refractivity (Wildman–Crippen MR) is 130 cm³/mol. The Morgan fingerprint density at radius 1 is 1.19 bits per heavy atom. The molecular weight excluding hydrogens is 467 g/mol. The Morgan fingerprint density at radius 3 is 2.53 bits per heavy atom. The Kier molecular flexibility index (Phi) is 7.38. The number of aromatic nitrogens is 1. The van der Waals surface area contributed by atoms with Crippen LogP contribution in [0.4, 0.5) is 9.18 Å². The number of esters is 1. The van der Waals surface area contributed by atoms with Gasteiger partial charge in [0.05, 0.1) is 25.3 Å². The zero-order valence-electron chi connectivity index (χ0n) is 21.4. The molecule has 1 saturated heterocycles. The molecule has 36 heavy (non-hydrogen) atoms. The third-order valence-electron chi connectivity index (χ3n) is 6.52. The van der Waals surface area contributed by atoms with E-state index < -0.39 is 23.5 Å². The van der Waals surface area contributed by atoms with Crippen LogP contribution in [0.1, 0.15) is 63.3 Å². The topological polar surface area (TPSA) is 91.1 Å². The van der Waals surface area contributed by atoms with Gasteiger partial charge in [0.2, 0.25) is 5.82 Å². The number of halogens is 1. The van der Waals surface area contributed by atoms with Crippen LogP contribution in [0.2, 0.25) is 0 Å². The SMILES string of the molecule is COC(=O)C1=C(c2ccc(CCCOc3noc(C)c3F)cc2)CC2CCC1N2C(=O)OC(C)(C)C. The van der Waals surface area contributed by atoms with E-state index in [4.69, 9.17) is 18.7 Å². The summed E-state index contributed by atoms with van der Waals surface area (Å²) in [6, 6.07) is 7.64. The van der Waals surface area contributed by atoms with Crippen molar-refractivity contribution in [3.63, 3.8) is 0 Å². The van der Waals surface area contributed by atoms with E-state index in [-0.39, 0.29) is 23.7 Å². The van der Waals surface area contributed by atoms with Gasteiger partial charge in [-0.3, -0.25) is 4.90 Å². The molecule has 2 aliphatic rings. The van der Waals surface area contributed by atoms with Crippen molar-refractivity contribution >= 4 is 17.6 Å². The summed E-state index contributed by atoms with van der Waals surface area (Å²) in [5, 5.41) is 3.55. The molecule has 2 unspecified atom stereocenters. The molecule has 2 aromatic rings. The standard InChI is InChI=1S/C27H33FN2O6/c1-16-23(28)24(29-36-16)34-14-6-7-17-8-10-18(11-9-17)20-15-19-12-13-21(22(20)25(31)33-5)30(19)26(32)35-27(2,3)4/h8-11,19,21H,6-7,12-15H2,1-5H3. The number of nitrogens with zero attached hydrogens (tertiary/aromatic N) is 2. The number of fused-ring (bicyclic) bond motifs is 2. The van der Waals surface area contributed by atoms with Gasteiger partial charge in [-0.1, -0.05) is 24.3 Å². The summed E-state index contributed by atoms with van der Waals surface area (Å²) >= 11 is 0. The van der Waals surface area contributed by atoms with Crippen molar-refractivity contribution in [1.29, 1.82) is 0 Å². The number of methoxy groups -OCH3 is 1. The van der Waals surface area contributed by atoms with E-state index >= 15 is 0 Å². The Balaban J connectivity index is 1.47. The lowest BCUT2D eigenvalue weighted by Gasteiger charge is -2.38. The van der Waals surface area contributed by atoms with Crippen LogP contribution in [0.15, 0.2) is 34.4 Å². The van der Waals surface area contributed by atoms with Crippen LogP contribution in [0, 0.1) is 12.7 Å². The predicted octanol–water partition coefficient (Wildman–Crippen LogP) is 5.23. The molecular formula is C27H33FN2O6. The molecule has 1 aromatic carbocycles. The third-order valence-corrected chi connectivity index (χ3v) is 6.52. The van der Waals surface area contributed by atoms with Gasteiger partial charge in [-0.05, 0) is 81.7 Å². The van der Waals surface area contributed by atoms with Gasteiger partial charge in [0.15, 0.2) is 5.76 Å². The normalized spacial score (nSPS) is 19.4. The summed E-state index contributed by atoms with van der Waals surface area (Å²) in [6.07, 6.45) is 3.08. The van der Waals surface area contributed by atoms with Crippen molar-refractivity contribution in [3.05, 3.63) is 52.5 Å². The number of hydrogen-bond donors (Lipinski definition) is 0. The van der Waals surface area contributed by atoms with Gasteiger partial charge in [0.25, 0.3) is 5.88 Å². The highest BCUT2D eigenvalue weighted by Crippen LogP contribution is 2.44. The molecule has 1 fully saturated rings. The maximum Gasteiger partial charge on any atom is 0.411 e. The van der Waals surface area contributed by atoms with E-state index in [0.717, 1.165) is 29.5 Å². The highest BCUT2D eigenvalue weighted by atomic mass is 19.1. The van der Waals surface area contributed by atoms with E-state index in [1.54, 1.807) is 4.90 Å². The first-order chi connectivity index (χ1) is 17.1. The van der Waals surface area contributed by atoms with E-state index in [9.17, 15) is 14.0 Å². The van der Waals surface area contributed by atoms with Crippen molar-refractivity contribution in [2.24, 2.45) is 0 Å². The summed E-state index contributed by atoms with van der Waals surface area (Å²) < 4.78 is 34.6. The fourth-order valence-corrected chi connectivity index (χ4v) is 4.90. The van der Waals surface area contributed by atoms with Gasteiger partial charge in [0.1, 0.15) is 5.60 Å². The monoisotopic (exact) mass is 500 g/mol. The summed E-state index contributed by atoms with van der Waals surface area (Å²) in [6.45, 7) is 7.30. The van der Waals surface area contributed by atoms with Gasteiger partial charge in [0, 0.05) is 6.04 Å². The van der Waals surface area contributed by atoms with Gasteiger partial charge in [-0.15, -0.1) is 0 Å². The lowest BCUT2D eigenvalue weighted by atomic mass is 9.88. The summed E-state index contributed by atoms with van der Waals surface area (Å²) in [5.74, 6) is -0.995. The molecule has 3 heterocycles. The molecule has 4 rings (SSSR count). The van der Waals surface area contributed by atoms with Crippen molar-refractivity contribution in [1.82, 2.24) is 10.1 Å². The molecule has 8 nitrogen and oxygen atoms in total. The average molecular weight is 501 g/mol. The minimum Gasteiger partial charge on any atom is -0.473 e. The maximum atomic E-state index is 13.7. The molecule has 0 N–H and O–H groups in total. The van der Waals surface area contributed by atoms with Crippen molar-refractivity contribution in [2.45, 2.75) is 77.5 Å². The van der Waals surface area contributed by atoms with Crippen LogP contribution < -0.4 is 4.74 Å². The fraction of sp³-hybridized carbons (Fsp3) is 0.519. The summed E-state index contributed by atoms with van der Waals surface area (Å²) in [4.78, 5) is 27.5. The molecule has 0 saturated carbocycles. The second-order valence-electron chi connectivity index (χ2n) is 10.2. The minimum absolute atomic E-state index is 0.0226. The number of benzene rings is 1. The van der Waals surface area contributed by atoms with Crippen molar-refractivity contribution in [3.8, 4) is 5.88 Å². The number of aryl methyl sites for hydroxylation is 2. The van der Waals surface area contributed by atoms with Crippen LogP contribution in [0.5, 0.6) is 5.88 Å². The zero-order valence-corrected chi connectivity index (χ0v) is 21.4. The van der Waals surface area contributed by atoms with Crippen LogP contribution in [-0.4, -0.2) is 53.5 Å². The van der Waals surface area contributed by atoms with Crippen LogP contribution in [0.3, 0.4) is 0 Å². The number of hydrogen-bond acceptors (Lipinski definition) is 7. The van der Waals surface area contributed by atoms with E-state index in [1.807, 2.05) is 45.0 Å². The number of rotatable bonds is 7. The number of amides is 1. The van der Waals surface area contributed by atoms with Gasteiger partial charge in [-0.2, -0.15) is 4.39 Å². The summed E-state index contributed by atoms with van der Waals surface area (Å²) in [5.41, 5.74) is 2.86. The molecule has 9 heteroatoms. The zero-order chi connectivity index (χ0) is 26.0. The largest absolute Gasteiger partial charge is 0.473 e. The molecule has 194 valence electrons. The second-order valence-corrected chi connectivity index (χ2v) is 10.2. The van der Waals surface area contributed by atoms with E-state index in [0.29, 0.717) is 31.4 Å². The summed E-state index contributed by atoms with van der Waals surface area (Å²) in [7, 11) is 1.36. The minimum atomic E-state index is -0.616. The van der Waals surface area contributed by atoms with Crippen LogP contribution >= 0.6 is 0 Å². The highest BCUT2D eigenvalue weighted by Gasteiger charge is 2.47. The molecule has 2 atom stereocenters. The van der Waals surface area contributed by atoms with Crippen molar-refractivity contribution in [2.75, 3.05) is 13.7 Å². The number of carbonyl (C=O) groups excluding carboxylic acids is 2. The van der Waals surface area contributed by atoms with Crippen LogP contribution in [-0.2, 0) is 20.7 Å². The lowest BCUT2D eigenvalue weighted by molar-refractivity contribution is -0.136. The molecule has 0 aliphatic carbocycles. The average Bonchev–Trinajstić information content (AvgIpc) is 3.32. The van der Waals surface area contributed by atoms with Crippen LogP contribution in [0.25, 0.3) is 5.57 Å². The Bertz CT molecular complexity index is 1150. The Hall–Kier alpha value is -3.36. The molecule has 1 amide bonds. The molecule has 0 radical (unpaired) electrons. The van der Waals surface area contributed by atoms with E-state index in [2.05, 4.69) is 5.16 Å². The Morgan fingerprint density at radius 2 is 1.92 bits per heavy atom. The third kappa shape index (κ3) is 5.39. The van der Waals surface area contributed by atoms with Crippen molar-refractivity contribution < 1.29 is 32.7 Å².